The summed E-state index contributed by atoms with van der Waals surface area (Å²) in [5, 5.41) is 3.10. The largest absolute Gasteiger partial charge is 0.300 e. The van der Waals surface area contributed by atoms with E-state index in [1.807, 2.05) is 12.1 Å². The molecule has 1 fully saturated rings. The van der Waals surface area contributed by atoms with E-state index in [1.54, 1.807) is 11.3 Å². The third-order valence-corrected chi connectivity index (χ3v) is 4.16. The van der Waals surface area contributed by atoms with Crippen LogP contribution in [0.25, 0.3) is 0 Å². The summed E-state index contributed by atoms with van der Waals surface area (Å²) in [4.78, 5) is 25.2. The molecular weight excluding hydrogens is 292 g/mol. The van der Waals surface area contributed by atoms with Crippen LogP contribution < -0.4 is 5.32 Å². The van der Waals surface area contributed by atoms with Gasteiger partial charge < -0.3 is 5.32 Å². The maximum Gasteiger partial charge on any atom is 0.246 e. The number of likely N-dealkylation sites (tertiary alicyclic amines) is 1. The first kappa shape index (κ1) is 11.8. The molecule has 0 saturated carbocycles. The van der Waals surface area contributed by atoms with Crippen molar-refractivity contribution < 1.29 is 9.59 Å². The molecule has 1 N–H and O–H groups in total. The number of hydrogen-bond donors (Lipinski definition) is 1. The van der Waals surface area contributed by atoms with Crippen LogP contribution in [0.5, 0.6) is 0 Å². The minimum Gasteiger partial charge on any atom is -0.300 e. The molecule has 1 unspecified atom stereocenters. The number of carbonyl (C=O) groups is 2. The van der Waals surface area contributed by atoms with E-state index in [0.29, 0.717) is 6.54 Å². The van der Waals surface area contributed by atoms with Crippen LogP contribution in [0, 0.1) is 0 Å². The van der Waals surface area contributed by atoms with Crippen LogP contribution in [0.4, 0.5) is 0 Å². The average Bonchev–Trinajstić information content (AvgIpc) is 2.76. The molecule has 1 aromatic heterocycles. The van der Waals surface area contributed by atoms with E-state index in [1.165, 1.54) is 11.9 Å². The number of nitrogens with one attached hydrogen (secondary N) is 1. The van der Waals surface area contributed by atoms with E-state index < -0.39 is 0 Å². The van der Waals surface area contributed by atoms with Crippen molar-refractivity contribution in [3.8, 4) is 0 Å². The van der Waals surface area contributed by atoms with Crippen LogP contribution >= 0.6 is 27.3 Å². The van der Waals surface area contributed by atoms with Gasteiger partial charge in [-0.05, 0) is 28.1 Å². The van der Waals surface area contributed by atoms with Crippen molar-refractivity contribution >= 4 is 39.1 Å². The van der Waals surface area contributed by atoms with Gasteiger partial charge in [0.25, 0.3) is 0 Å². The number of hydrogen-bond acceptors (Lipinski definition) is 4. The Morgan fingerprint density at radius 3 is 2.81 bits per heavy atom. The molecule has 6 heteroatoms. The number of thiophene rings is 1. The van der Waals surface area contributed by atoms with Gasteiger partial charge in [0.05, 0.1) is 16.2 Å². The van der Waals surface area contributed by atoms with Crippen molar-refractivity contribution in [3.63, 3.8) is 0 Å². The lowest BCUT2D eigenvalue weighted by Crippen LogP contribution is -2.36. The molecule has 0 spiro atoms. The smallest absolute Gasteiger partial charge is 0.246 e. The molecule has 0 bridgehead atoms. The van der Waals surface area contributed by atoms with Gasteiger partial charge >= 0.3 is 0 Å². The molecule has 1 aliphatic heterocycles. The summed E-state index contributed by atoms with van der Waals surface area (Å²) >= 11 is 5.00. The predicted molar refractivity (Wildman–Crippen MR) is 65.0 cm³/mol. The molecule has 0 aromatic carbocycles. The highest BCUT2D eigenvalue weighted by atomic mass is 79.9. The van der Waals surface area contributed by atoms with Gasteiger partial charge in [-0.3, -0.25) is 14.5 Å². The van der Waals surface area contributed by atoms with Crippen molar-refractivity contribution in [3.05, 3.63) is 20.8 Å². The van der Waals surface area contributed by atoms with Crippen LogP contribution in [0.15, 0.2) is 15.9 Å². The maximum absolute atomic E-state index is 11.6. The van der Waals surface area contributed by atoms with Gasteiger partial charge in [-0.1, -0.05) is 0 Å². The normalized spacial score (nSPS) is 20.9. The number of likely N-dealkylation sites (N-methyl/N-ethyl adjacent to an activating group) is 1. The quantitative estimate of drug-likeness (QED) is 0.858. The second-order valence-electron chi connectivity index (χ2n) is 3.63. The third-order valence-electron chi connectivity index (χ3n) is 2.53. The molecular formula is C10H11BrN2O2S. The summed E-state index contributed by atoms with van der Waals surface area (Å²) in [7, 11) is 1.52. The van der Waals surface area contributed by atoms with E-state index >= 15 is 0 Å². The lowest BCUT2D eigenvalue weighted by atomic mass is 10.2. The Bertz CT molecular complexity index is 432. The molecule has 4 nitrogen and oxygen atoms in total. The Morgan fingerprint density at radius 2 is 2.31 bits per heavy atom. The molecule has 1 aromatic rings. The molecule has 2 heterocycles. The van der Waals surface area contributed by atoms with Crippen molar-refractivity contribution in [2.45, 2.75) is 19.0 Å². The van der Waals surface area contributed by atoms with Crippen molar-refractivity contribution in [2.24, 2.45) is 0 Å². The molecule has 0 aliphatic carbocycles. The number of halogens is 1. The second-order valence-corrected chi connectivity index (χ2v) is 6.18. The summed E-state index contributed by atoms with van der Waals surface area (Å²) in [6.45, 7) is 0.619. The summed E-state index contributed by atoms with van der Waals surface area (Å²) in [5.41, 5.74) is 0. The van der Waals surface area contributed by atoms with Gasteiger partial charge in [0.15, 0.2) is 0 Å². The number of rotatable bonds is 3. The van der Waals surface area contributed by atoms with Gasteiger partial charge in [0.1, 0.15) is 0 Å². The lowest BCUT2D eigenvalue weighted by Gasteiger charge is -2.09. The first-order valence-corrected chi connectivity index (χ1v) is 6.47. The van der Waals surface area contributed by atoms with Gasteiger partial charge in [-0.2, -0.15) is 0 Å². The highest BCUT2D eigenvalue weighted by molar-refractivity contribution is 9.11. The zero-order chi connectivity index (χ0) is 11.7. The Kier molecular flexibility index (Phi) is 3.41. The first-order valence-electron chi connectivity index (χ1n) is 4.86. The molecule has 1 saturated heterocycles. The lowest BCUT2D eigenvalue weighted by molar-refractivity contribution is -0.137. The predicted octanol–water partition coefficient (Wildman–Crippen LogP) is 1.36. The number of amides is 2. The minimum atomic E-state index is -0.363. The van der Waals surface area contributed by atoms with Crippen LogP contribution in [-0.2, 0) is 16.1 Å². The van der Waals surface area contributed by atoms with E-state index in [9.17, 15) is 9.59 Å². The summed E-state index contributed by atoms with van der Waals surface area (Å²) in [6, 6.07) is 3.60. The average molecular weight is 303 g/mol. The van der Waals surface area contributed by atoms with E-state index in [-0.39, 0.29) is 24.3 Å². The van der Waals surface area contributed by atoms with E-state index in [4.69, 9.17) is 0 Å². The topological polar surface area (TPSA) is 49.4 Å². The zero-order valence-electron chi connectivity index (χ0n) is 8.70. The number of imide groups is 1. The van der Waals surface area contributed by atoms with Gasteiger partial charge in [-0.25, -0.2) is 0 Å². The van der Waals surface area contributed by atoms with E-state index in [0.717, 1.165) is 8.66 Å². The fourth-order valence-corrected chi connectivity index (χ4v) is 3.02. The standard InChI is InChI=1S/C10H11BrN2O2S/c1-13-9(14)4-7(10(13)15)12-5-6-2-3-8(11)16-6/h2-3,7,12H,4-5H2,1H3. The summed E-state index contributed by atoms with van der Waals surface area (Å²) in [6.07, 6.45) is 0.266. The molecule has 2 amide bonds. The van der Waals surface area contributed by atoms with Crippen LogP contribution in [0.1, 0.15) is 11.3 Å². The Morgan fingerprint density at radius 1 is 1.56 bits per heavy atom. The second kappa shape index (κ2) is 4.65. The summed E-state index contributed by atoms with van der Waals surface area (Å²) < 4.78 is 1.07. The van der Waals surface area contributed by atoms with Gasteiger partial charge in [0.2, 0.25) is 11.8 Å². The maximum atomic E-state index is 11.6. The molecule has 86 valence electrons. The Labute approximate surface area is 106 Å². The fourth-order valence-electron chi connectivity index (χ4n) is 1.59. The molecule has 1 aliphatic rings. The van der Waals surface area contributed by atoms with Crippen molar-refractivity contribution in [1.29, 1.82) is 0 Å². The Hall–Kier alpha value is -0.720. The molecule has 16 heavy (non-hydrogen) atoms. The highest BCUT2D eigenvalue weighted by Gasteiger charge is 2.35. The monoisotopic (exact) mass is 302 g/mol. The first-order chi connectivity index (χ1) is 7.58. The summed E-state index contributed by atoms with van der Waals surface area (Å²) in [5.74, 6) is -0.254. The molecule has 1 atom stereocenters. The highest BCUT2D eigenvalue weighted by Crippen LogP contribution is 2.22. The van der Waals surface area contributed by atoms with Crippen molar-refractivity contribution in [2.75, 3.05) is 7.05 Å². The van der Waals surface area contributed by atoms with Crippen LogP contribution in [-0.4, -0.2) is 29.8 Å². The Balaban J connectivity index is 1.92. The van der Waals surface area contributed by atoms with Gasteiger partial charge in [0, 0.05) is 18.5 Å². The van der Waals surface area contributed by atoms with Crippen LogP contribution in [0.2, 0.25) is 0 Å². The minimum absolute atomic E-state index is 0.116. The molecule has 0 radical (unpaired) electrons. The fraction of sp³-hybridized carbons (Fsp3) is 0.400. The molecule has 2 rings (SSSR count). The van der Waals surface area contributed by atoms with Gasteiger partial charge in [-0.15, -0.1) is 11.3 Å². The third kappa shape index (κ3) is 2.34. The SMILES string of the molecule is CN1C(=O)CC(NCc2ccc(Br)s2)C1=O. The number of nitrogens with zero attached hydrogens (tertiary/aromatic N) is 1. The number of carbonyl (C=O) groups excluding carboxylic acids is 2. The van der Waals surface area contributed by atoms with E-state index in [2.05, 4.69) is 21.2 Å². The van der Waals surface area contributed by atoms with Crippen LogP contribution in [0.3, 0.4) is 0 Å². The van der Waals surface area contributed by atoms with Crippen molar-refractivity contribution in [1.82, 2.24) is 10.2 Å². The zero-order valence-corrected chi connectivity index (χ0v) is 11.1.